The molecule has 0 fully saturated rings. The largest absolute Gasteiger partial charge is 0.481 e. The van der Waals surface area contributed by atoms with E-state index in [-0.39, 0.29) is 24.7 Å². The van der Waals surface area contributed by atoms with E-state index in [1.54, 1.807) is 0 Å². The summed E-state index contributed by atoms with van der Waals surface area (Å²) in [6, 6.07) is -5.59. The lowest BCUT2D eigenvalue weighted by Gasteiger charge is -2.23. The molecule has 0 bridgehead atoms. The number of nitrogens with two attached hydrogens (primary N) is 3. The Morgan fingerprint density at radius 3 is 1.91 bits per heavy atom. The van der Waals surface area contributed by atoms with Crippen molar-refractivity contribution in [2.24, 2.45) is 22.2 Å². The zero-order valence-electron chi connectivity index (χ0n) is 17.1. The van der Waals surface area contributed by atoms with Crippen LogP contribution in [0.15, 0.2) is 4.99 Å². The fourth-order valence-corrected chi connectivity index (χ4v) is 2.49. The summed E-state index contributed by atoms with van der Waals surface area (Å²) >= 11 is 3.90. The molecule has 0 radical (unpaired) electrons. The molecular weight excluding hydrogens is 450 g/mol. The molecule has 0 rings (SSSR count). The van der Waals surface area contributed by atoms with E-state index in [4.69, 9.17) is 27.4 Å². The molecule has 4 unspecified atom stereocenters. The molecule has 0 aromatic rings. The molecule has 3 amide bonds. The van der Waals surface area contributed by atoms with Crippen LogP contribution in [0.1, 0.15) is 19.3 Å². The number of nitrogens with zero attached hydrogens (tertiary/aromatic N) is 1. The second-order valence-corrected chi connectivity index (χ2v) is 6.91. The number of nitrogens with one attached hydrogen (secondary N) is 3. The Morgan fingerprint density at radius 2 is 1.44 bits per heavy atom. The standard InChI is InChI=1S/C16H29N7O8S/c17-7(2-1-3-20-16(18)19)12(27)22-9(5-24)13(28)23-10(6-32)14(29)21-8(15(30)31)4-11(25)26/h7-10,24,32H,1-6,17H2,(H,21,29)(H,22,27)(H,23,28)(H,25,26)(H,30,31)(H4,18,19,20). The minimum Gasteiger partial charge on any atom is -0.481 e. The summed E-state index contributed by atoms with van der Waals surface area (Å²) in [7, 11) is 0. The normalized spacial score (nSPS) is 14.2. The van der Waals surface area contributed by atoms with E-state index in [1.165, 1.54) is 0 Å². The average molecular weight is 480 g/mol. The van der Waals surface area contributed by atoms with Gasteiger partial charge in [0, 0.05) is 12.3 Å². The average Bonchev–Trinajstić information content (AvgIpc) is 2.71. The minimum absolute atomic E-state index is 0.111. The monoisotopic (exact) mass is 479 g/mol. The number of aliphatic carboxylic acids is 2. The van der Waals surface area contributed by atoms with Crippen molar-refractivity contribution in [3.05, 3.63) is 0 Å². The summed E-state index contributed by atoms with van der Waals surface area (Å²) < 4.78 is 0. The van der Waals surface area contributed by atoms with Crippen LogP contribution >= 0.6 is 12.6 Å². The first-order chi connectivity index (χ1) is 14.9. The van der Waals surface area contributed by atoms with Crippen molar-refractivity contribution in [1.82, 2.24) is 16.0 Å². The smallest absolute Gasteiger partial charge is 0.326 e. The van der Waals surface area contributed by atoms with Crippen molar-refractivity contribution in [3.63, 3.8) is 0 Å². The second kappa shape index (κ2) is 14.8. The molecule has 0 saturated heterocycles. The van der Waals surface area contributed by atoms with Gasteiger partial charge in [-0.3, -0.25) is 24.2 Å². The van der Waals surface area contributed by atoms with Crippen LogP contribution in [-0.2, 0) is 24.0 Å². The van der Waals surface area contributed by atoms with E-state index in [0.717, 1.165) is 0 Å². The molecule has 15 nitrogen and oxygen atoms in total. The number of carbonyl (C=O) groups is 5. The highest BCUT2D eigenvalue weighted by atomic mass is 32.1. The molecular formula is C16H29N7O8S. The molecule has 0 aliphatic carbocycles. The maximum atomic E-state index is 12.3. The molecule has 12 N–H and O–H groups in total. The van der Waals surface area contributed by atoms with Gasteiger partial charge < -0.3 is 48.5 Å². The highest BCUT2D eigenvalue weighted by Crippen LogP contribution is 1.99. The number of hydrogen-bond acceptors (Lipinski definition) is 9. The summed E-state index contributed by atoms with van der Waals surface area (Å²) in [5.41, 5.74) is 16.1. The number of guanidine groups is 1. The van der Waals surface area contributed by atoms with Gasteiger partial charge in [-0.15, -0.1) is 0 Å². The fourth-order valence-electron chi connectivity index (χ4n) is 2.24. The summed E-state index contributed by atoms with van der Waals surface area (Å²) in [6.45, 7) is -0.582. The Bertz CT molecular complexity index is 717. The van der Waals surface area contributed by atoms with Crippen LogP contribution in [0, 0.1) is 0 Å². The number of rotatable bonds is 15. The Hall–Kier alpha value is -3.11. The van der Waals surface area contributed by atoms with E-state index < -0.39 is 66.9 Å². The summed E-state index contributed by atoms with van der Waals surface area (Å²) in [6.07, 6.45) is -0.319. The molecule has 0 aliphatic rings. The molecule has 0 aromatic heterocycles. The van der Waals surface area contributed by atoms with Crippen LogP contribution in [0.4, 0.5) is 0 Å². The first-order valence-electron chi connectivity index (χ1n) is 9.31. The van der Waals surface area contributed by atoms with E-state index in [9.17, 15) is 29.1 Å². The third-order valence-corrected chi connectivity index (χ3v) is 4.29. The molecule has 4 atom stereocenters. The van der Waals surface area contributed by atoms with Crippen molar-refractivity contribution in [3.8, 4) is 0 Å². The first-order valence-corrected chi connectivity index (χ1v) is 9.94. The van der Waals surface area contributed by atoms with Gasteiger partial charge in [0.05, 0.1) is 19.1 Å². The first kappa shape index (κ1) is 28.9. The summed E-state index contributed by atoms with van der Waals surface area (Å²) in [4.78, 5) is 62.2. The van der Waals surface area contributed by atoms with Gasteiger partial charge in [0.1, 0.15) is 18.1 Å². The number of aliphatic imine (C=N–C) groups is 1. The number of aliphatic hydroxyl groups excluding tert-OH is 1. The van der Waals surface area contributed by atoms with E-state index in [0.29, 0.717) is 6.42 Å². The third kappa shape index (κ3) is 11.3. The molecule has 0 aliphatic heterocycles. The molecule has 0 saturated carbocycles. The molecule has 16 heteroatoms. The van der Waals surface area contributed by atoms with Gasteiger partial charge >= 0.3 is 11.9 Å². The lowest BCUT2D eigenvalue weighted by atomic mass is 10.1. The second-order valence-electron chi connectivity index (χ2n) is 6.54. The van der Waals surface area contributed by atoms with E-state index >= 15 is 0 Å². The Labute approximate surface area is 188 Å². The Balaban J connectivity index is 4.90. The molecule has 0 aromatic carbocycles. The van der Waals surface area contributed by atoms with Gasteiger partial charge in [0.25, 0.3) is 0 Å². The minimum atomic E-state index is -1.73. The zero-order chi connectivity index (χ0) is 24.8. The quantitative estimate of drug-likeness (QED) is 0.0461. The van der Waals surface area contributed by atoms with Crippen LogP contribution < -0.4 is 33.2 Å². The van der Waals surface area contributed by atoms with Gasteiger partial charge in [0.2, 0.25) is 17.7 Å². The maximum absolute atomic E-state index is 12.3. The summed E-state index contributed by atoms with van der Waals surface area (Å²) in [5.74, 6) is -6.16. The van der Waals surface area contributed by atoms with Gasteiger partial charge in [-0.2, -0.15) is 12.6 Å². The predicted octanol–water partition coefficient (Wildman–Crippen LogP) is -4.70. The molecule has 32 heavy (non-hydrogen) atoms. The lowest BCUT2D eigenvalue weighted by molar-refractivity contribution is -0.147. The van der Waals surface area contributed by atoms with Crippen molar-refractivity contribution in [1.29, 1.82) is 0 Å². The zero-order valence-corrected chi connectivity index (χ0v) is 18.0. The highest BCUT2D eigenvalue weighted by molar-refractivity contribution is 7.80. The van der Waals surface area contributed by atoms with Crippen LogP contribution in [-0.4, -0.2) is 94.0 Å². The summed E-state index contributed by atoms with van der Waals surface area (Å²) in [5, 5.41) is 33.5. The number of carboxylic acids is 2. The van der Waals surface area contributed by atoms with E-state index in [2.05, 4.69) is 28.3 Å². The molecule has 0 heterocycles. The number of hydrogen-bond donors (Lipinski definition) is 10. The molecule has 182 valence electrons. The maximum Gasteiger partial charge on any atom is 0.326 e. The number of thiol groups is 1. The van der Waals surface area contributed by atoms with Gasteiger partial charge in [0.15, 0.2) is 5.96 Å². The van der Waals surface area contributed by atoms with Crippen LogP contribution in [0.2, 0.25) is 0 Å². The van der Waals surface area contributed by atoms with Gasteiger partial charge in [-0.05, 0) is 12.8 Å². The topological polar surface area (TPSA) is 273 Å². The van der Waals surface area contributed by atoms with E-state index in [1.807, 2.05) is 5.32 Å². The van der Waals surface area contributed by atoms with Crippen LogP contribution in [0.3, 0.4) is 0 Å². The third-order valence-electron chi connectivity index (χ3n) is 3.93. The SMILES string of the molecule is NC(N)=NCCCC(N)C(=O)NC(CO)C(=O)NC(CS)C(=O)NC(CC(=O)O)C(=O)O. The van der Waals surface area contributed by atoms with Crippen molar-refractivity contribution in [2.75, 3.05) is 18.9 Å². The number of amides is 3. The molecule has 0 spiro atoms. The number of aliphatic hydroxyl groups is 1. The number of carbonyl (C=O) groups excluding carboxylic acids is 3. The van der Waals surface area contributed by atoms with Crippen molar-refractivity contribution in [2.45, 2.75) is 43.4 Å². The lowest BCUT2D eigenvalue weighted by Crippen LogP contribution is -2.58. The van der Waals surface area contributed by atoms with Gasteiger partial charge in [-0.1, -0.05) is 0 Å². The van der Waals surface area contributed by atoms with Crippen LogP contribution in [0.5, 0.6) is 0 Å². The predicted molar refractivity (Wildman–Crippen MR) is 115 cm³/mol. The Morgan fingerprint density at radius 1 is 0.906 bits per heavy atom. The Kier molecular flexibility index (Phi) is 13.4. The van der Waals surface area contributed by atoms with Crippen LogP contribution in [0.25, 0.3) is 0 Å². The fraction of sp³-hybridized carbons (Fsp3) is 0.625. The highest BCUT2D eigenvalue weighted by Gasteiger charge is 2.30. The van der Waals surface area contributed by atoms with Crippen molar-refractivity contribution >= 4 is 48.2 Å². The van der Waals surface area contributed by atoms with Gasteiger partial charge in [-0.25, -0.2) is 4.79 Å². The van der Waals surface area contributed by atoms with Crippen molar-refractivity contribution < 1.29 is 39.3 Å². The number of carboxylic acid groups (broad SMARTS) is 2.